The van der Waals surface area contributed by atoms with Gasteiger partial charge in [0.05, 0.1) is 33.5 Å². The molecule has 0 saturated heterocycles. The van der Waals surface area contributed by atoms with E-state index in [1.165, 1.54) is 38.1 Å². The van der Waals surface area contributed by atoms with E-state index in [9.17, 15) is 0 Å². The Bertz CT molecular complexity index is 3160. The molecule has 7 aromatic carbocycles. The van der Waals surface area contributed by atoms with Gasteiger partial charge in [-0.05, 0) is 71.8 Å². The van der Waals surface area contributed by atoms with Crippen LogP contribution in [0.25, 0.3) is 100 Å². The Morgan fingerprint density at radius 3 is 1.41 bits per heavy atom. The topological polar surface area (TPSA) is 48.5 Å². The van der Waals surface area contributed by atoms with Gasteiger partial charge in [0.25, 0.3) is 0 Å². The van der Waals surface area contributed by atoms with Crippen molar-refractivity contribution in [3.63, 3.8) is 0 Å². The van der Waals surface area contributed by atoms with Crippen LogP contribution in [0.2, 0.25) is 0 Å². The zero-order valence-electron chi connectivity index (χ0n) is 30.3. The fourth-order valence-electron chi connectivity index (χ4n) is 8.19. The Balaban J connectivity index is 1.01. The zero-order chi connectivity index (χ0) is 37.0. The van der Waals surface area contributed by atoms with Crippen molar-refractivity contribution in [2.75, 3.05) is 0 Å². The molecule has 56 heavy (non-hydrogen) atoms. The van der Waals surface area contributed by atoms with E-state index in [-0.39, 0.29) is 0 Å². The summed E-state index contributed by atoms with van der Waals surface area (Å²) in [5, 5.41) is 4.95. The van der Waals surface area contributed by atoms with Gasteiger partial charge in [0.2, 0.25) is 0 Å². The van der Waals surface area contributed by atoms with Gasteiger partial charge >= 0.3 is 0 Å². The lowest BCUT2D eigenvalue weighted by molar-refractivity contribution is 1.16. The molecule has 0 radical (unpaired) electrons. The summed E-state index contributed by atoms with van der Waals surface area (Å²) in [5.41, 5.74) is 13.9. The molecule has 0 amide bonds. The molecule has 0 spiro atoms. The first-order chi connectivity index (χ1) is 27.8. The lowest BCUT2D eigenvalue weighted by Gasteiger charge is -2.12. The van der Waals surface area contributed by atoms with Crippen LogP contribution < -0.4 is 0 Å². The molecular formula is C51H33N5. The number of pyridine rings is 1. The van der Waals surface area contributed by atoms with Crippen molar-refractivity contribution in [2.24, 2.45) is 0 Å². The van der Waals surface area contributed by atoms with E-state index in [1.54, 1.807) is 6.20 Å². The first kappa shape index (κ1) is 31.9. The van der Waals surface area contributed by atoms with Crippen LogP contribution in [-0.4, -0.2) is 24.1 Å². The predicted octanol–water partition coefficient (Wildman–Crippen LogP) is 12.7. The first-order valence-electron chi connectivity index (χ1n) is 18.8. The Hall–Kier alpha value is -7.63. The molecule has 262 valence electrons. The minimum absolute atomic E-state index is 0.694. The van der Waals surface area contributed by atoms with Crippen LogP contribution in [0, 0.1) is 0 Å². The maximum Gasteiger partial charge on any atom is 0.160 e. The summed E-state index contributed by atoms with van der Waals surface area (Å²) in [6, 6.07) is 66.5. The summed E-state index contributed by atoms with van der Waals surface area (Å²) >= 11 is 0. The van der Waals surface area contributed by atoms with E-state index < -0.39 is 0 Å². The second kappa shape index (κ2) is 13.0. The van der Waals surface area contributed by atoms with Gasteiger partial charge in [0.15, 0.2) is 5.82 Å². The summed E-state index contributed by atoms with van der Waals surface area (Å²) in [4.78, 5) is 14.5. The molecule has 0 N–H and O–H groups in total. The fourth-order valence-corrected chi connectivity index (χ4v) is 8.19. The summed E-state index contributed by atoms with van der Waals surface area (Å²) in [6.07, 6.45) is 3.68. The third kappa shape index (κ3) is 5.29. The highest BCUT2D eigenvalue weighted by atomic mass is 15.0. The second-order valence-corrected chi connectivity index (χ2v) is 14.1. The third-order valence-corrected chi connectivity index (χ3v) is 10.8. The highest BCUT2D eigenvalue weighted by Crippen LogP contribution is 2.37. The molecule has 0 aliphatic carbocycles. The highest BCUT2D eigenvalue weighted by molar-refractivity contribution is 6.12. The third-order valence-electron chi connectivity index (χ3n) is 10.8. The van der Waals surface area contributed by atoms with Gasteiger partial charge in [-0.25, -0.2) is 9.97 Å². The predicted molar refractivity (Wildman–Crippen MR) is 230 cm³/mol. The van der Waals surface area contributed by atoms with Gasteiger partial charge in [0, 0.05) is 62.0 Å². The van der Waals surface area contributed by atoms with Crippen molar-refractivity contribution in [2.45, 2.75) is 0 Å². The average molecular weight is 716 g/mol. The van der Waals surface area contributed by atoms with Crippen LogP contribution in [-0.2, 0) is 0 Å². The smallest absolute Gasteiger partial charge is 0.160 e. The minimum Gasteiger partial charge on any atom is -0.309 e. The van der Waals surface area contributed by atoms with Crippen LogP contribution in [0.15, 0.2) is 200 Å². The molecule has 0 saturated carbocycles. The highest BCUT2D eigenvalue weighted by Gasteiger charge is 2.17. The quantitative estimate of drug-likeness (QED) is 0.172. The summed E-state index contributed by atoms with van der Waals surface area (Å²) in [5.74, 6) is 0.694. The van der Waals surface area contributed by atoms with Crippen LogP contribution >= 0.6 is 0 Å². The zero-order valence-corrected chi connectivity index (χ0v) is 30.3. The Labute approximate surface area is 323 Å². The van der Waals surface area contributed by atoms with E-state index in [0.717, 1.165) is 56.1 Å². The molecule has 0 bridgehead atoms. The van der Waals surface area contributed by atoms with E-state index in [4.69, 9.17) is 9.97 Å². The average Bonchev–Trinajstić information content (AvgIpc) is 3.79. The number of fused-ring (bicyclic) bond motifs is 6. The van der Waals surface area contributed by atoms with Crippen molar-refractivity contribution < 1.29 is 0 Å². The standard InChI is InChI=1S/C51H33N5/c1-2-11-37(12-3-1)51-53-45(35-22-20-34(21-23-35)38-13-10-30-52-33-38)32-46(54-51)36-24-26-39(27-25-36)55-49-19-9-6-16-43(49)44-31-40(28-29-50(44)55)56-47-17-7-4-14-41(47)42-15-5-8-18-48(42)56/h1-33H. The minimum atomic E-state index is 0.694. The van der Waals surface area contributed by atoms with Gasteiger partial charge in [-0.15, -0.1) is 0 Å². The van der Waals surface area contributed by atoms with Crippen LogP contribution in [0.5, 0.6) is 0 Å². The molecule has 0 unspecified atom stereocenters. The molecule has 5 nitrogen and oxygen atoms in total. The van der Waals surface area contributed by atoms with Crippen LogP contribution in [0.4, 0.5) is 0 Å². The lowest BCUT2D eigenvalue weighted by Crippen LogP contribution is -1.97. The second-order valence-electron chi connectivity index (χ2n) is 14.1. The molecule has 0 aliphatic heterocycles. The van der Waals surface area contributed by atoms with Gasteiger partial charge in [0.1, 0.15) is 0 Å². The fraction of sp³-hybridized carbons (Fsp3) is 0. The molecule has 0 atom stereocenters. The molecule has 4 aromatic heterocycles. The van der Waals surface area contributed by atoms with Gasteiger partial charge < -0.3 is 9.13 Å². The first-order valence-corrected chi connectivity index (χ1v) is 18.8. The van der Waals surface area contributed by atoms with Crippen molar-refractivity contribution in [3.05, 3.63) is 200 Å². The molecule has 11 rings (SSSR count). The molecule has 11 aromatic rings. The van der Waals surface area contributed by atoms with Crippen molar-refractivity contribution in [3.8, 4) is 56.4 Å². The maximum atomic E-state index is 5.11. The Morgan fingerprint density at radius 2 is 0.804 bits per heavy atom. The number of para-hydroxylation sites is 3. The number of rotatable bonds is 6. The van der Waals surface area contributed by atoms with E-state index >= 15 is 0 Å². The normalized spacial score (nSPS) is 11.6. The monoisotopic (exact) mass is 715 g/mol. The summed E-state index contributed by atoms with van der Waals surface area (Å²) in [7, 11) is 0. The van der Waals surface area contributed by atoms with Gasteiger partial charge in [-0.1, -0.05) is 127 Å². The Kier molecular flexibility index (Phi) is 7.42. The number of hydrogen-bond acceptors (Lipinski definition) is 3. The van der Waals surface area contributed by atoms with E-state index in [2.05, 4.69) is 178 Å². The van der Waals surface area contributed by atoms with Crippen molar-refractivity contribution in [1.82, 2.24) is 24.1 Å². The molecule has 0 aliphatic rings. The summed E-state index contributed by atoms with van der Waals surface area (Å²) in [6.45, 7) is 0. The SMILES string of the molecule is c1ccc(-c2nc(-c3ccc(-c4cccnc4)cc3)cc(-c3ccc(-n4c5ccccc5c5cc(-n6c7ccccc7c7ccccc76)ccc54)cc3)n2)cc1. The van der Waals surface area contributed by atoms with Crippen molar-refractivity contribution >= 4 is 43.6 Å². The number of nitrogens with zero attached hydrogens (tertiary/aromatic N) is 5. The van der Waals surface area contributed by atoms with Crippen LogP contribution in [0.3, 0.4) is 0 Å². The number of benzene rings is 7. The van der Waals surface area contributed by atoms with Gasteiger partial charge in [-0.2, -0.15) is 0 Å². The van der Waals surface area contributed by atoms with Gasteiger partial charge in [-0.3, -0.25) is 4.98 Å². The van der Waals surface area contributed by atoms with Crippen molar-refractivity contribution in [1.29, 1.82) is 0 Å². The molecule has 4 heterocycles. The number of hydrogen-bond donors (Lipinski definition) is 0. The summed E-state index contributed by atoms with van der Waals surface area (Å²) < 4.78 is 4.76. The molecule has 5 heteroatoms. The maximum absolute atomic E-state index is 5.11. The lowest BCUT2D eigenvalue weighted by atomic mass is 10.0. The molecular weight excluding hydrogens is 683 g/mol. The van der Waals surface area contributed by atoms with Crippen LogP contribution in [0.1, 0.15) is 0 Å². The Morgan fingerprint density at radius 1 is 0.321 bits per heavy atom. The number of aromatic nitrogens is 5. The largest absolute Gasteiger partial charge is 0.309 e. The molecule has 0 fully saturated rings. The van der Waals surface area contributed by atoms with E-state index in [1.807, 2.05) is 30.5 Å². The van der Waals surface area contributed by atoms with E-state index in [0.29, 0.717) is 5.82 Å².